The summed E-state index contributed by atoms with van der Waals surface area (Å²) in [5.41, 5.74) is 5.97. The molecule has 74 valence electrons. The minimum absolute atomic E-state index is 0.0274. The molecule has 1 aliphatic rings. The van der Waals surface area contributed by atoms with Gasteiger partial charge in [-0.2, -0.15) is 0 Å². The zero-order valence-electron chi connectivity index (χ0n) is 7.15. The van der Waals surface area contributed by atoms with E-state index in [1.807, 2.05) is 0 Å². The van der Waals surface area contributed by atoms with E-state index in [-0.39, 0.29) is 16.3 Å². The summed E-state index contributed by atoms with van der Waals surface area (Å²) >= 11 is 0. The highest BCUT2D eigenvalue weighted by molar-refractivity contribution is 7.92. The van der Waals surface area contributed by atoms with Crippen molar-refractivity contribution in [2.24, 2.45) is 0 Å². The lowest BCUT2D eigenvalue weighted by Gasteiger charge is -2.18. The van der Waals surface area contributed by atoms with Gasteiger partial charge < -0.3 is 11.1 Å². The van der Waals surface area contributed by atoms with Crippen LogP contribution in [-0.2, 0) is 14.6 Å². The molecule has 1 aromatic carbocycles. The number of amides is 1. The second kappa shape index (κ2) is 2.71. The fraction of sp³-hybridized carbons (Fsp3) is 0.125. The molecule has 0 radical (unpaired) electrons. The molecule has 0 spiro atoms. The van der Waals surface area contributed by atoms with E-state index in [4.69, 9.17) is 5.73 Å². The second-order valence-electron chi connectivity index (χ2n) is 3.03. The van der Waals surface area contributed by atoms with Crippen LogP contribution in [0.15, 0.2) is 23.1 Å². The number of nitrogens with one attached hydrogen (secondary N) is 1. The molecule has 3 N–H and O–H groups in total. The van der Waals surface area contributed by atoms with Crippen molar-refractivity contribution in [3.05, 3.63) is 18.2 Å². The number of nitrogens with two attached hydrogens (primary N) is 1. The van der Waals surface area contributed by atoms with E-state index >= 15 is 0 Å². The van der Waals surface area contributed by atoms with E-state index < -0.39 is 21.5 Å². The maximum absolute atomic E-state index is 11.6. The molecule has 0 saturated carbocycles. The quantitative estimate of drug-likeness (QED) is 0.592. The van der Waals surface area contributed by atoms with Gasteiger partial charge in [-0.15, -0.1) is 0 Å². The lowest BCUT2D eigenvalue weighted by molar-refractivity contribution is -0.114. The zero-order chi connectivity index (χ0) is 10.3. The van der Waals surface area contributed by atoms with Crippen LogP contribution in [0.3, 0.4) is 0 Å². The molecule has 5 nitrogen and oxygen atoms in total. The number of benzene rings is 1. The van der Waals surface area contributed by atoms with Crippen molar-refractivity contribution in [2.45, 2.75) is 4.90 Å². The average Bonchev–Trinajstić information content (AvgIpc) is 2.00. The normalized spacial score (nSPS) is 18.4. The van der Waals surface area contributed by atoms with Crippen molar-refractivity contribution in [3.63, 3.8) is 0 Å². The molecule has 14 heavy (non-hydrogen) atoms. The summed E-state index contributed by atoms with van der Waals surface area (Å²) in [6.07, 6.45) is 0. The van der Waals surface area contributed by atoms with Crippen molar-refractivity contribution in [1.82, 2.24) is 0 Å². The first-order valence-corrected chi connectivity index (χ1v) is 5.57. The van der Waals surface area contributed by atoms with Crippen molar-refractivity contribution in [3.8, 4) is 0 Å². The maximum atomic E-state index is 11.6. The van der Waals surface area contributed by atoms with Crippen LogP contribution < -0.4 is 11.1 Å². The second-order valence-corrected chi connectivity index (χ2v) is 4.96. The van der Waals surface area contributed by atoms with Gasteiger partial charge in [0, 0.05) is 0 Å². The van der Waals surface area contributed by atoms with Gasteiger partial charge in [0.15, 0.2) is 9.84 Å². The van der Waals surface area contributed by atoms with Gasteiger partial charge in [0.1, 0.15) is 10.6 Å². The summed E-state index contributed by atoms with van der Waals surface area (Å²) in [5.74, 6) is -1.06. The molecule has 1 amide bonds. The van der Waals surface area contributed by atoms with Gasteiger partial charge in [-0.3, -0.25) is 4.79 Å². The minimum atomic E-state index is -3.56. The molecule has 0 aromatic heterocycles. The summed E-state index contributed by atoms with van der Waals surface area (Å²) < 4.78 is 23.1. The molecule has 0 atom stereocenters. The van der Waals surface area contributed by atoms with Crippen LogP contribution in [0.5, 0.6) is 0 Å². The van der Waals surface area contributed by atoms with Crippen LogP contribution in [-0.4, -0.2) is 20.1 Å². The molecular weight excluding hydrogens is 204 g/mol. The summed E-state index contributed by atoms with van der Waals surface area (Å²) in [6, 6.07) is 4.60. The molecule has 2 rings (SSSR count). The van der Waals surface area contributed by atoms with Crippen LogP contribution in [0.2, 0.25) is 0 Å². The third kappa shape index (κ3) is 1.24. The largest absolute Gasteiger partial charge is 0.398 e. The fourth-order valence-electron chi connectivity index (χ4n) is 1.43. The Balaban J connectivity index is 2.77. The number of sulfone groups is 1. The van der Waals surface area contributed by atoms with Gasteiger partial charge >= 0.3 is 0 Å². The van der Waals surface area contributed by atoms with E-state index in [9.17, 15) is 13.2 Å². The zero-order valence-corrected chi connectivity index (χ0v) is 7.97. The number of anilines is 2. The van der Waals surface area contributed by atoms with Gasteiger partial charge in [0.25, 0.3) is 0 Å². The molecular formula is C8H8N2O3S. The standard InChI is InChI=1S/C8H8N2O3S/c9-5-2-1-3-6-8(5)14(12,13)4-7(11)10-6/h1-3H,4,9H2,(H,10,11). The molecule has 1 heterocycles. The van der Waals surface area contributed by atoms with Gasteiger partial charge in [-0.25, -0.2) is 8.42 Å². The Hall–Kier alpha value is -1.56. The third-order valence-corrected chi connectivity index (χ3v) is 3.67. The maximum Gasteiger partial charge on any atom is 0.239 e. The van der Waals surface area contributed by atoms with E-state index in [1.165, 1.54) is 12.1 Å². The highest BCUT2D eigenvalue weighted by Gasteiger charge is 2.30. The molecule has 1 aromatic rings. The summed E-state index contributed by atoms with van der Waals surface area (Å²) in [4.78, 5) is 11.0. The van der Waals surface area contributed by atoms with Crippen molar-refractivity contribution in [2.75, 3.05) is 16.8 Å². The van der Waals surface area contributed by atoms with Crippen LogP contribution in [0, 0.1) is 0 Å². The van der Waals surface area contributed by atoms with Gasteiger partial charge in [0.05, 0.1) is 11.4 Å². The summed E-state index contributed by atoms with van der Waals surface area (Å²) in [5, 5.41) is 2.46. The van der Waals surface area contributed by atoms with E-state index in [1.54, 1.807) is 6.07 Å². The Morgan fingerprint density at radius 3 is 2.79 bits per heavy atom. The number of rotatable bonds is 0. The van der Waals surface area contributed by atoms with Crippen molar-refractivity contribution < 1.29 is 13.2 Å². The van der Waals surface area contributed by atoms with Crippen LogP contribution >= 0.6 is 0 Å². The van der Waals surface area contributed by atoms with Crippen LogP contribution in [0.4, 0.5) is 11.4 Å². The number of carbonyl (C=O) groups excluding carboxylic acids is 1. The first-order valence-electron chi connectivity index (χ1n) is 3.92. The number of hydrogen-bond donors (Lipinski definition) is 2. The molecule has 0 bridgehead atoms. The molecule has 0 fully saturated rings. The number of fused-ring (bicyclic) bond motifs is 1. The molecule has 0 saturated heterocycles. The predicted molar refractivity (Wildman–Crippen MR) is 51.5 cm³/mol. The fourth-order valence-corrected chi connectivity index (χ4v) is 2.87. The summed E-state index contributed by atoms with van der Waals surface area (Å²) in [6.45, 7) is 0. The lowest BCUT2D eigenvalue weighted by Crippen LogP contribution is -2.29. The molecule has 0 aliphatic carbocycles. The minimum Gasteiger partial charge on any atom is -0.398 e. The van der Waals surface area contributed by atoms with Gasteiger partial charge in [-0.05, 0) is 12.1 Å². The number of carbonyl (C=O) groups is 1. The van der Waals surface area contributed by atoms with E-state index in [2.05, 4.69) is 5.32 Å². The Kier molecular flexibility index (Phi) is 1.75. The van der Waals surface area contributed by atoms with Crippen molar-refractivity contribution >= 4 is 27.1 Å². The average molecular weight is 212 g/mol. The van der Waals surface area contributed by atoms with Crippen LogP contribution in [0.1, 0.15) is 0 Å². The first-order chi connectivity index (χ1) is 6.50. The monoisotopic (exact) mass is 212 g/mol. The van der Waals surface area contributed by atoms with Crippen molar-refractivity contribution in [1.29, 1.82) is 0 Å². The topological polar surface area (TPSA) is 89.3 Å². The highest BCUT2D eigenvalue weighted by atomic mass is 32.2. The van der Waals surface area contributed by atoms with Gasteiger partial charge in [-0.1, -0.05) is 6.07 Å². The lowest BCUT2D eigenvalue weighted by atomic mass is 10.3. The molecule has 1 aliphatic heterocycles. The highest BCUT2D eigenvalue weighted by Crippen LogP contribution is 2.31. The Morgan fingerprint density at radius 1 is 1.36 bits per heavy atom. The van der Waals surface area contributed by atoms with E-state index in [0.717, 1.165) is 0 Å². The number of nitrogen functional groups attached to an aromatic ring is 1. The smallest absolute Gasteiger partial charge is 0.239 e. The number of hydrogen-bond acceptors (Lipinski definition) is 4. The Bertz CT molecular complexity index is 507. The summed E-state index contributed by atoms with van der Waals surface area (Å²) in [7, 11) is -3.56. The SMILES string of the molecule is Nc1cccc2c1S(=O)(=O)CC(=O)N2. The van der Waals surface area contributed by atoms with Gasteiger partial charge in [0.2, 0.25) is 5.91 Å². The predicted octanol–water partition coefficient (Wildman–Crippen LogP) is -0.00540. The molecule has 6 heteroatoms. The van der Waals surface area contributed by atoms with E-state index in [0.29, 0.717) is 0 Å². The first kappa shape index (κ1) is 9.01. The van der Waals surface area contributed by atoms with Crippen LogP contribution in [0.25, 0.3) is 0 Å². The Labute approximate surface area is 80.8 Å². The third-order valence-electron chi connectivity index (χ3n) is 1.95. The molecule has 0 unspecified atom stereocenters. The Morgan fingerprint density at radius 2 is 2.07 bits per heavy atom.